The lowest BCUT2D eigenvalue weighted by molar-refractivity contribution is -0.148. The van der Waals surface area contributed by atoms with Crippen molar-refractivity contribution in [1.29, 1.82) is 0 Å². The molecule has 3 N–H and O–H groups in total. The number of carbonyl (C=O) groups excluding carboxylic acids is 1. The first kappa shape index (κ1) is 14.5. The lowest BCUT2D eigenvalue weighted by Crippen LogP contribution is -2.34. The van der Waals surface area contributed by atoms with Gasteiger partial charge in [-0.25, -0.2) is 4.79 Å². The SMILES string of the molecule is CC(=O)O[C@H]1C[C@H](n2cc(C)c(=O)[nH]c2=O)O[C@@H]1CN. The Morgan fingerprint density at radius 1 is 1.60 bits per heavy atom. The van der Waals surface area contributed by atoms with Gasteiger partial charge in [-0.1, -0.05) is 0 Å². The molecule has 1 aromatic rings. The predicted octanol–water partition coefficient (Wildman–Crippen LogP) is -0.977. The van der Waals surface area contributed by atoms with Gasteiger partial charge in [-0.05, 0) is 6.92 Å². The maximum absolute atomic E-state index is 11.8. The zero-order chi connectivity index (χ0) is 14.9. The van der Waals surface area contributed by atoms with E-state index in [1.54, 1.807) is 6.92 Å². The molecule has 0 spiro atoms. The molecule has 0 saturated carbocycles. The van der Waals surface area contributed by atoms with Gasteiger partial charge in [-0.15, -0.1) is 0 Å². The van der Waals surface area contributed by atoms with E-state index in [0.717, 1.165) is 0 Å². The van der Waals surface area contributed by atoms with E-state index in [2.05, 4.69) is 4.98 Å². The van der Waals surface area contributed by atoms with Gasteiger partial charge < -0.3 is 15.2 Å². The van der Waals surface area contributed by atoms with Crippen molar-refractivity contribution in [3.05, 3.63) is 32.6 Å². The van der Waals surface area contributed by atoms with E-state index in [0.29, 0.717) is 12.0 Å². The number of esters is 1. The Labute approximate surface area is 114 Å². The largest absolute Gasteiger partial charge is 0.460 e. The summed E-state index contributed by atoms with van der Waals surface area (Å²) in [6.07, 6.45) is 0.156. The van der Waals surface area contributed by atoms with Crippen LogP contribution in [0, 0.1) is 6.92 Å². The number of aromatic nitrogens is 2. The molecule has 0 unspecified atom stereocenters. The smallest absolute Gasteiger partial charge is 0.330 e. The second-order valence-electron chi connectivity index (χ2n) is 4.73. The number of carbonyl (C=O) groups is 1. The summed E-state index contributed by atoms with van der Waals surface area (Å²) in [6.45, 7) is 3.07. The van der Waals surface area contributed by atoms with Crippen molar-refractivity contribution in [2.75, 3.05) is 6.54 Å². The molecule has 1 aliphatic rings. The molecule has 1 saturated heterocycles. The van der Waals surface area contributed by atoms with Crippen LogP contribution in [0.5, 0.6) is 0 Å². The van der Waals surface area contributed by atoms with Gasteiger partial charge in [0.15, 0.2) is 0 Å². The number of nitrogens with zero attached hydrogens (tertiary/aromatic N) is 1. The summed E-state index contributed by atoms with van der Waals surface area (Å²) < 4.78 is 12.0. The van der Waals surface area contributed by atoms with Crippen LogP contribution in [0.25, 0.3) is 0 Å². The summed E-state index contributed by atoms with van der Waals surface area (Å²) in [5.74, 6) is -0.428. The fraction of sp³-hybridized carbons (Fsp3) is 0.583. The van der Waals surface area contributed by atoms with Crippen molar-refractivity contribution in [1.82, 2.24) is 9.55 Å². The Morgan fingerprint density at radius 2 is 2.30 bits per heavy atom. The van der Waals surface area contributed by atoms with E-state index in [-0.39, 0.29) is 6.54 Å². The van der Waals surface area contributed by atoms with Crippen molar-refractivity contribution >= 4 is 5.97 Å². The first-order valence-electron chi connectivity index (χ1n) is 6.27. The number of hydrogen-bond acceptors (Lipinski definition) is 6. The molecule has 1 aromatic heterocycles. The molecule has 8 heteroatoms. The first-order valence-corrected chi connectivity index (χ1v) is 6.27. The summed E-state index contributed by atoms with van der Waals surface area (Å²) in [7, 11) is 0. The molecule has 1 fully saturated rings. The fourth-order valence-corrected chi connectivity index (χ4v) is 2.22. The number of aromatic amines is 1. The van der Waals surface area contributed by atoms with Crippen molar-refractivity contribution in [2.45, 2.75) is 38.7 Å². The molecule has 0 aromatic carbocycles. The van der Waals surface area contributed by atoms with E-state index in [1.165, 1.54) is 17.7 Å². The van der Waals surface area contributed by atoms with Crippen molar-refractivity contribution < 1.29 is 14.3 Å². The van der Waals surface area contributed by atoms with Crippen LogP contribution in [0.2, 0.25) is 0 Å². The number of aryl methyl sites for hydroxylation is 1. The Balaban J connectivity index is 2.27. The molecule has 8 nitrogen and oxygen atoms in total. The average Bonchev–Trinajstić information content (AvgIpc) is 2.75. The highest BCUT2D eigenvalue weighted by Crippen LogP contribution is 2.29. The Morgan fingerprint density at radius 3 is 2.90 bits per heavy atom. The molecule has 0 bridgehead atoms. The first-order chi connectivity index (χ1) is 9.42. The molecule has 0 amide bonds. The van der Waals surface area contributed by atoms with Gasteiger partial charge >= 0.3 is 11.7 Å². The van der Waals surface area contributed by atoms with E-state index in [9.17, 15) is 14.4 Å². The van der Waals surface area contributed by atoms with Crippen LogP contribution in [0.1, 0.15) is 25.1 Å². The number of nitrogens with one attached hydrogen (secondary N) is 1. The van der Waals surface area contributed by atoms with Crippen LogP contribution in [0.3, 0.4) is 0 Å². The van der Waals surface area contributed by atoms with E-state index in [1.807, 2.05) is 0 Å². The number of ether oxygens (including phenoxy) is 2. The quantitative estimate of drug-likeness (QED) is 0.689. The molecule has 2 rings (SSSR count). The number of H-pyrrole nitrogens is 1. The van der Waals surface area contributed by atoms with Crippen molar-refractivity contribution in [3.63, 3.8) is 0 Å². The lowest BCUT2D eigenvalue weighted by Gasteiger charge is -2.15. The fourth-order valence-electron chi connectivity index (χ4n) is 2.22. The number of rotatable bonds is 3. The molecular formula is C12H17N3O5. The third kappa shape index (κ3) is 2.81. The van der Waals surface area contributed by atoms with Crippen LogP contribution in [0.4, 0.5) is 0 Å². The lowest BCUT2D eigenvalue weighted by atomic mass is 10.2. The van der Waals surface area contributed by atoms with Gasteiger partial charge in [0.1, 0.15) is 18.4 Å². The summed E-state index contributed by atoms with van der Waals surface area (Å²) >= 11 is 0. The highest BCUT2D eigenvalue weighted by atomic mass is 16.6. The molecule has 20 heavy (non-hydrogen) atoms. The maximum Gasteiger partial charge on any atom is 0.330 e. The van der Waals surface area contributed by atoms with Gasteiger partial charge in [0.2, 0.25) is 0 Å². The van der Waals surface area contributed by atoms with E-state index < -0.39 is 35.7 Å². The highest BCUT2D eigenvalue weighted by Gasteiger charge is 2.38. The molecular weight excluding hydrogens is 266 g/mol. The highest BCUT2D eigenvalue weighted by molar-refractivity contribution is 5.66. The van der Waals surface area contributed by atoms with Gasteiger partial charge in [0.05, 0.1) is 0 Å². The monoisotopic (exact) mass is 283 g/mol. The molecule has 2 heterocycles. The van der Waals surface area contributed by atoms with Crippen LogP contribution < -0.4 is 17.0 Å². The van der Waals surface area contributed by atoms with Gasteiger partial charge in [-0.2, -0.15) is 0 Å². The standard InChI is InChI=1S/C12H17N3O5/c1-6-5-15(12(18)14-11(6)17)10-3-8(19-7(2)16)9(4-13)20-10/h5,8-10H,3-4,13H2,1-2H3,(H,14,17,18)/t8-,9+,10+/m0/s1. The van der Waals surface area contributed by atoms with Crippen LogP contribution in [0.15, 0.2) is 15.8 Å². The second-order valence-corrected chi connectivity index (χ2v) is 4.73. The van der Waals surface area contributed by atoms with E-state index in [4.69, 9.17) is 15.2 Å². The summed E-state index contributed by atoms with van der Waals surface area (Å²) in [5.41, 5.74) is 4.97. The van der Waals surface area contributed by atoms with Gasteiger partial charge in [0.25, 0.3) is 5.56 Å². The number of nitrogens with two attached hydrogens (primary N) is 1. The normalized spacial score (nSPS) is 25.6. The summed E-state index contributed by atoms with van der Waals surface area (Å²) in [6, 6.07) is 0. The molecule has 3 atom stereocenters. The van der Waals surface area contributed by atoms with Gasteiger partial charge in [-0.3, -0.25) is 19.1 Å². The second kappa shape index (κ2) is 5.59. The molecule has 110 valence electrons. The van der Waals surface area contributed by atoms with Gasteiger partial charge in [0, 0.05) is 31.6 Å². The zero-order valence-electron chi connectivity index (χ0n) is 11.3. The number of hydrogen-bond donors (Lipinski definition) is 2. The summed E-state index contributed by atoms with van der Waals surface area (Å²) in [5, 5.41) is 0. The van der Waals surface area contributed by atoms with Crippen LogP contribution in [-0.2, 0) is 14.3 Å². The third-order valence-corrected chi connectivity index (χ3v) is 3.19. The van der Waals surface area contributed by atoms with Crippen LogP contribution >= 0.6 is 0 Å². The minimum Gasteiger partial charge on any atom is -0.460 e. The maximum atomic E-state index is 11.8. The minimum absolute atomic E-state index is 0.172. The Bertz CT molecular complexity index is 620. The van der Waals surface area contributed by atoms with E-state index >= 15 is 0 Å². The Hall–Kier alpha value is -1.93. The topological polar surface area (TPSA) is 116 Å². The molecule has 1 aliphatic heterocycles. The zero-order valence-corrected chi connectivity index (χ0v) is 11.3. The van der Waals surface area contributed by atoms with Crippen LogP contribution in [-0.4, -0.2) is 34.3 Å². The third-order valence-electron chi connectivity index (χ3n) is 3.19. The average molecular weight is 283 g/mol. The molecule has 0 radical (unpaired) electrons. The van der Waals surface area contributed by atoms with Crippen molar-refractivity contribution in [3.8, 4) is 0 Å². The predicted molar refractivity (Wildman–Crippen MR) is 69.2 cm³/mol. The summed E-state index contributed by atoms with van der Waals surface area (Å²) in [4.78, 5) is 36.4. The van der Waals surface area contributed by atoms with Crippen molar-refractivity contribution in [2.24, 2.45) is 5.73 Å². The Kier molecular flexibility index (Phi) is 4.05. The molecule has 0 aliphatic carbocycles. The minimum atomic E-state index is -0.615.